The molecule has 1 aliphatic heterocycles. The highest BCUT2D eigenvalue weighted by atomic mass is 16.6. The van der Waals surface area contributed by atoms with Crippen LogP contribution in [0.25, 0.3) is 22.1 Å². The van der Waals surface area contributed by atoms with Crippen LogP contribution in [-0.4, -0.2) is 30.9 Å². The molecule has 2 heterocycles. The third-order valence-corrected chi connectivity index (χ3v) is 5.23. The molecule has 0 fully saturated rings. The second-order valence-corrected chi connectivity index (χ2v) is 7.32. The third kappa shape index (κ3) is 3.85. The standard InChI is InChI=1S/C25H22N2O5/c1-2-29-21-10-7-16-5-3-4-6-19(16)24(21)25(28)26-15-18-14-22(32-27-18)17-8-9-20-23(13-17)31-12-11-30-20/h3-10,13-14H,2,11-12,15H2,1H3,(H,26,28). The molecule has 0 aliphatic carbocycles. The highest BCUT2D eigenvalue weighted by Crippen LogP contribution is 2.34. The molecule has 0 unspecified atom stereocenters. The predicted octanol–water partition coefficient (Wildman–Crippen LogP) is 4.59. The van der Waals surface area contributed by atoms with Crippen molar-refractivity contribution in [3.63, 3.8) is 0 Å². The largest absolute Gasteiger partial charge is 0.493 e. The summed E-state index contributed by atoms with van der Waals surface area (Å²) in [6.45, 7) is 3.65. The fourth-order valence-corrected chi connectivity index (χ4v) is 3.75. The summed E-state index contributed by atoms with van der Waals surface area (Å²) in [6.07, 6.45) is 0. The maximum absolute atomic E-state index is 13.1. The first-order valence-corrected chi connectivity index (χ1v) is 10.5. The Morgan fingerprint density at radius 2 is 1.88 bits per heavy atom. The first-order valence-electron chi connectivity index (χ1n) is 10.5. The molecule has 7 heteroatoms. The van der Waals surface area contributed by atoms with E-state index in [-0.39, 0.29) is 12.5 Å². The summed E-state index contributed by atoms with van der Waals surface area (Å²) in [5.74, 6) is 2.31. The van der Waals surface area contributed by atoms with Crippen molar-refractivity contribution in [2.45, 2.75) is 13.5 Å². The number of aromatic nitrogens is 1. The number of amides is 1. The van der Waals surface area contributed by atoms with Crippen molar-refractivity contribution < 1.29 is 23.5 Å². The van der Waals surface area contributed by atoms with Crippen molar-refractivity contribution in [3.8, 4) is 28.6 Å². The van der Waals surface area contributed by atoms with E-state index >= 15 is 0 Å². The van der Waals surface area contributed by atoms with Crippen molar-refractivity contribution in [2.24, 2.45) is 0 Å². The topological polar surface area (TPSA) is 82.8 Å². The molecule has 4 aromatic rings. The summed E-state index contributed by atoms with van der Waals surface area (Å²) in [6, 6.07) is 18.9. The van der Waals surface area contributed by atoms with Gasteiger partial charge in [-0.3, -0.25) is 4.79 Å². The van der Waals surface area contributed by atoms with E-state index in [2.05, 4.69) is 10.5 Å². The van der Waals surface area contributed by atoms with Crippen molar-refractivity contribution in [1.82, 2.24) is 10.5 Å². The number of carbonyl (C=O) groups excluding carboxylic acids is 1. The number of nitrogens with one attached hydrogen (secondary N) is 1. The fraction of sp³-hybridized carbons (Fsp3) is 0.200. The minimum atomic E-state index is -0.228. The van der Waals surface area contributed by atoms with E-state index in [1.54, 1.807) is 6.07 Å². The van der Waals surface area contributed by atoms with Gasteiger partial charge in [-0.1, -0.05) is 35.5 Å². The van der Waals surface area contributed by atoms with Crippen LogP contribution in [0.2, 0.25) is 0 Å². The number of benzene rings is 3. The number of fused-ring (bicyclic) bond motifs is 2. The van der Waals surface area contributed by atoms with Gasteiger partial charge in [-0.2, -0.15) is 0 Å². The van der Waals surface area contributed by atoms with Gasteiger partial charge in [0.25, 0.3) is 5.91 Å². The molecule has 0 saturated carbocycles. The lowest BCUT2D eigenvalue weighted by Gasteiger charge is -2.18. The Kier molecular flexibility index (Phi) is 5.37. The lowest BCUT2D eigenvalue weighted by atomic mass is 10.0. The minimum absolute atomic E-state index is 0.224. The zero-order valence-corrected chi connectivity index (χ0v) is 17.6. The maximum atomic E-state index is 13.1. The Hall–Kier alpha value is -4.00. The molecule has 1 aliphatic rings. The van der Waals surface area contributed by atoms with E-state index < -0.39 is 0 Å². The van der Waals surface area contributed by atoms with Gasteiger partial charge in [0.1, 0.15) is 24.7 Å². The normalized spacial score (nSPS) is 12.5. The average Bonchev–Trinajstić information content (AvgIpc) is 3.31. The molecule has 0 radical (unpaired) electrons. The van der Waals surface area contributed by atoms with Gasteiger partial charge < -0.3 is 24.1 Å². The van der Waals surface area contributed by atoms with E-state index in [0.29, 0.717) is 54.1 Å². The summed E-state index contributed by atoms with van der Waals surface area (Å²) >= 11 is 0. The molecule has 162 valence electrons. The molecule has 0 atom stereocenters. The van der Waals surface area contributed by atoms with Crippen LogP contribution in [0.15, 0.2) is 65.2 Å². The molecular weight excluding hydrogens is 408 g/mol. The van der Waals surface area contributed by atoms with Gasteiger partial charge >= 0.3 is 0 Å². The van der Waals surface area contributed by atoms with Gasteiger partial charge in [0.2, 0.25) is 0 Å². The Balaban J connectivity index is 1.34. The molecule has 1 N–H and O–H groups in total. The molecule has 32 heavy (non-hydrogen) atoms. The molecule has 3 aromatic carbocycles. The van der Waals surface area contributed by atoms with E-state index in [4.69, 9.17) is 18.7 Å². The zero-order valence-electron chi connectivity index (χ0n) is 17.6. The van der Waals surface area contributed by atoms with Crippen LogP contribution >= 0.6 is 0 Å². The monoisotopic (exact) mass is 430 g/mol. The first-order chi connectivity index (χ1) is 15.7. The molecule has 0 bridgehead atoms. The maximum Gasteiger partial charge on any atom is 0.256 e. The molecular formula is C25H22N2O5. The molecule has 5 rings (SSSR count). The predicted molar refractivity (Wildman–Crippen MR) is 119 cm³/mol. The Morgan fingerprint density at radius 3 is 2.75 bits per heavy atom. The minimum Gasteiger partial charge on any atom is -0.493 e. The fourth-order valence-electron chi connectivity index (χ4n) is 3.75. The van der Waals surface area contributed by atoms with Crippen molar-refractivity contribution in [1.29, 1.82) is 0 Å². The number of hydrogen-bond donors (Lipinski definition) is 1. The van der Waals surface area contributed by atoms with Crippen molar-refractivity contribution >= 4 is 16.7 Å². The second kappa shape index (κ2) is 8.63. The number of ether oxygens (including phenoxy) is 3. The van der Waals surface area contributed by atoms with E-state index in [1.165, 1.54) is 0 Å². The average molecular weight is 430 g/mol. The number of nitrogens with zero attached hydrogens (tertiary/aromatic N) is 1. The Bertz CT molecular complexity index is 1280. The van der Waals surface area contributed by atoms with Crippen molar-refractivity contribution in [2.75, 3.05) is 19.8 Å². The van der Waals surface area contributed by atoms with E-state index in [1.807, 2.05) is 61.5 Å². The van der Waals surface area contributed by atoms with Crippen molar-refractivity contribution in [3.05, 3.63) is 71.9 Å². The summed E-state index contributed by atoms with van der Waals surface area (Å²) in [5.41, 5.74) is 1.95. The smallest absolute Gasteiger partial charge is 0.256 e. The van der Waals surface area contributed by atoms with Crippen LogP contribution in [0.5, 0.6) is 17.2 Å². The Labute approximate surface area is 184 Å². The third-order valence-electron chi connectivity index (χ3n) is 5.23. The van der Waals surface area contributed by atoms with Gasteiger partial charge in [-0.25, -0.2) is 0 Å². The van der Waals surface area contributed by atoms with E-state index in [9.17, 15) is 4.79 Å². The first kappa shape index (κ1) is 19.9. The number of carbonyl (C=O) groups is 1. The summed E-state index contributed by atoms with van der Waals surface area (Å²) in [5, 5.41) is 8.85. The van der Waals surface area contributed by atoms with Crippen LogP contribution < -0.4 is 19.5 Å². The lowest BCUT2D eigenvalue weighted by Crippen LogP contribution is -2.24. The van der Waals surface area contributed by atoms with Gasteiger partial charge in [0.05, 0.1) is 18.7 Å². The highest BCUT2D eigenvalue weighted by Gasteiger charge is 2.18. The van der Waals surface area contributed by atoms with Crippen LogP contribution in [-0.2, 0) is 6.54 Å². The van der Waals surface area contributed by atoms with Gasteiger partial charge in [0.15, 0.2) is 17.3 Å². The number of hydrogen-bond acceptors (Lipinski definition) is 6. The summed E-state index contributed by atoms with van der Waals surface area (Å²) in [7, 11) is 0. The SMILES string of the molecule is CCOc1ccc2ccccc2c1C(=O)NCc1cc(-c2ccc3c(c2)OCCO3)on1. The second-order valence-electron chi connectivity index (χ2n) is 7.32. The molecule has 0 saturated heterocycles. The quantitative estimate of drug-likeness (QED) is 0.482. The van der Waals surface area contributed by atoms with E-state index in [0.717, 1.165) is 16.3 Å². The molecule has 1 amide bonds. The Morgan fingerprint density at radius 1 is 1.03 bits per heavy atom. The van der Waals surface area contributed by atoms with Crippen LogP contribution in [0.3, 0.4) is 0 Å². The van der Waals surface area contributed by atoms with Gasteiger partial charge in [0, 0.05) is 11.6 Å². The molecule has 1 aromatic heterocycles. The summed E-state index contributed by atoms with van der Waals surface area (Å²) < 4.78 is 22.4. The zero-order chi connectivity index (χ0) is 21.9. The van der Waals surface area contributed by atoms with Crippen LogP contribution in [0.4, 0.5) is 0 Å². The molecule has 0 spiro atoms. The molecule has 7 nitrogen and oxygen atoms in total. The highest BCUT2D eigenvalue weighted by molar-refractivity contribution is 6.09. The summed E-state index contributed by atoms with van der Waals surface area (Å²) in [4.78, 5) is 13.1. The van der Waals surface area contributed by atoms with Crippen LogP contribution in [0.1, 0.15) is 23.0 Å². The lowest BCUT2D eigenvalue weighted by molar-refractivity contribution is 0.0948. The van der Waals surface area contributed by atoms with Crippen LogP contribution in [0, 0.1) is 0 Å². The van der Waals surface area contributed by atoms with Gasteiger partial charge in [-0.15, -0.1) is 0 Å². The van der Waals surface area contributed by atoms with Gasteiger partial charge in [-0.05, 0) is 42.0 Å². The number of rotatable bonds is 6.